The van der Waals surface area contributed by atoms with Crippen molar-refractivity contribution in [1.82, 2.24) is 4.98 Å². The first kappa shape index (κ1) is 11.4. The summed E-state index contributed by atoms with van der Waals surface area (Å²) >= 11 is 0. The predicted octanol–water partition coefficient (Wildman–Crippen LogP) is 1.55. The van der Waals surface area contributed by atoms with Crippen LogP contribution in [0, 0.1) is 5.92 Å². The molecule has 2 rings (SSSR count). The van der Waals surface area contributed by atoms with Crippen LogP contribution in [0.2, 0.25) is 0 Å². The van der Waals surface area contributed by atoms with Crippen molar-refractivity contribution in [1.29, 1.82) is 0 Å². The van der Waals surface area contributed by atoms with Gasteiger partial charge in [0, 0.05) is 25.0 Å². The summed E-state index contributed by atoms with van der Waals surface area (Å²) in [6.45, 7) is 1.47. The Kier molecular flexibility index (Phi) is 3.74. The van der Waals surface area contributed by atoms with Crippen LogP contribution in [0.5, 0.6) is 5.75 Å². The number of hydrogen-bond acceptors (Lipinski definition) is 4. The third-order valence-electron chi connectivity index (χ3n) is 3.02. The lowest BCUT2D eigenvalue weighted by Crippen LogP contribution is -2.22. The minimum atomic E-state index is -0.466. The van der Waals surface area contributed by atoms with Crippen LogP contribution < -0.4 is 4.74 Å². The van der Waals surface area contributed by atoms with Crippen molar-refractivity contribution in [2.45, 2.75) is 18.9 Å². The molecule has 0 amide bonds. The molecule has 0 bridgehead atoms. The molecule has 1 aliphatic rings. The molecule has 1 aliphatic heterocycles. The van der Waals surface area contributed by atoms with Gasteiger partial charge >= 0.3 is 0 Å². The maximum absolute atomic E-state index is 10.2. The van der Waals surface area contributed by atoms with Gasteiger partial charge in [-0.2, -0.15) is 0 Å². The summed E-state index contributed by atoms with van der Waals surface area (Å²) in [7, 11) is 1.60. The second kappa shape index (κ2) is 5.27. The molecule has 4 heteroatoms. The van der Waals surface area contributed by atoms with Gasteiger partial charge in [-0.05, 0) is 24.8 Å². The molecule has 0 radical (unpaired) electrons. The second-order valence-corrected chi connectivity index (χ2v) is 4.05. The summed E-state index contributed by atoms with van der Waals surface area (Å²) in [5.41, 5.74) is 0.825. The molecule has 2 heterocycles. The van der Waals surface area contributed by atoms with E-state index in [4.69, 9.17) is 9.47 Å². The third-order valence-corrected chi connectivity index (χ3v) is 3.02. The number of ether oxygens (including phenoxy) is 2. The average molecular weight is 223 g/mol. The Bertz CT molecular complexity index is 337. The van der Waals surface area contributed by atoms with Gasteiger partial charge in [0.05, 0.1) is 19.4 Å². The van der Waals surface area contributed by atoms with E-state index in [2.05, 4.69) is 4.98 Å². The topological polar surface area (TPSA) is 51.6 Å². The van der Waals surface area contributed by atoms with E-state index in [1.165, 1.54) is 0 Å². The number of pyridine rings is 1. The number of aliphatic hydroxyl groups excluding tert-OH is 1. The molecule has 1 fully saturated rings. The summed E-state index contributed by atoms with van der Waals surface area (Å²) in [4.78, 5) is 4.06. The average Bonchev–Trinajstić information content (AvgIpc) is 2.39. The second-order valence-electron chi connectivity index (χ2n) is 4.05. The molecule has 1 aromatic rings. The Hall–Kier alpha value is -1.13. The highest BCUT2D eigenvalue weighted by Gasteiger charge is 2.23. The van der Waals surface area contributed by atoms with Crippen molar-refractivity contribution < 1.29 is 14.6 Å². The first-order valence-corrected chi connectivity index (χ1v) is 5.56. The lowest BCUT2D eigenvalue weighted by Gasteiger charge is -2.26. The van der Waals surface area contributed by atoms with E-state index in [1.807, 2.05) is 6.07 Å². The van der Waals surface area contributed by atoms with Crippen molar-refractivity contribution in [2.24, 2.45) is 5.92 Å². The van der Waals surface area contributed by atoms with E-state index < -0.39 is 6.10 Å². The number of rotatable bonds is 3. The number of hydrogen-bond donors (Lipinski definition) is 1. The van der Waals surface area contributed by atoms with Gasteiger partial charge in [0.15, 0.2) is 0 Å². The molecule has 1 aromatic heterocycles. The van der Waals surface area contributed by atoms with E-state index in [-0.39, 0.29) is 5.92 Å². The molecule has 1 N–H and O–H groups in total. The van der Waals surface area contributed by atoms with Crippen LogP contribution in [0.4, 0.5) is 0 Å². The first-order valence-electron chi connectivity index (χ1n) is 5.56. The fourth-order valence-electron chi connectivity index (χ4n) is 2.01. The minimum Gasteiger partial charge on any atom is -0.495 e. The van der Waals surface area contributed by atoms with Gasteiger partial charge in [-0.1, -0.05) is 0 Å². The van der Waals surface area contributed by atoms with E-state index in [0.29, 0.717) is 5.75 Å². The van der Waals surface area contributed by atoms with E-state index in [1.54, 1.807) is 19.5 Å². The molecule has 0 saturated carbocycles. The zero-order valence-corrected chi connectivity index (χ0v) is 9.43. The highest BCUT2D eigenvalue weighted by atomic mass is 16.5. The van der Waals surface area contributed by atoms with Crippen LogP contribution in [0.1, 0.15) is 24.5 Å². The third kappa shape index (κ3) is 2.51. The van der Waals surface area contributed by atoms with Crippen molar-refractivity contribution in [3.05, 3.63) is 24.0 Å². The normalized spacial score (nSPS) is 19.4. The molecule has 16 heavy (non-hydrogen) atoms. The van der Waals surface area contributed by atoms with Gasteiger partial charge in [-0.3, -0.25) is 4.98 Å². The molecule has 0 spiro atoms. The van der Waals surface area contributed by atoms with E-state index in [9.17, 15) is 5.11 Å². The number of methoxy groups -OCH3 is 1. The maximum Gasteiger partial charge on any atom is 0.137 e. The fraction of sp³-hybridized carbons (Fsp3) is 0.583. The van der Waals surface area contributed by atoms with Crippen LogP contribution in [0.3, 0.4) is 0 Å². The molecule has 1 atom stereocenters. The molecule has 0 aliphatic carbocycles. The quantitative estimate of drug-likeness (QED) is 0.844. The molecule has 1 unspecified atom stereocenters. The molecule has 1 saturated heterocycles. The standard InChI is InChI=1S/C12H17NO3/c1-15-11-6-10(7-13-8-11)12(14)9-2-4-16-5-3-9/h6-9,12,14H,2-5H2,1H3. The van der Waals surface area contributed by atoms with E-state index >= 15 is 0 Å². The smallest absolute Gasteiger partial charge is 0.137 e. The lowest BCUT2D eigenvalue weighted by molar-refractivity contribution is 0.00699. The Balaban J connectivity index is 2.09. The molecule has 4 nitrogen and oxygen atoms in total. The summed E-state index contributed by atoms with van der Waals surface area (Å²) in [6.07, 6.45) is 4.67. The molecular formula is C12H17NO3. The zero-order valence-electron chi connectivity index (χ0n) is 9.43. The summed E-state index contributed by atoms with van der Waals surface area (Å²) < 4.78 is 10.4. The van der Waals surface area contributed by atoms with Gasteiger partial charge in [-0.25, -0.2) is 0 Å². The monoisotopic (exact) mass is 223 g/mol. The van der Waals surface area contributed by atoms with Crippen molar-refractivity contribution in [2.75, 3.05) is 20.3 Å². The largest absolute Gasteiger partial charge is 0.495 e. The number of nitrogens with zero attached hydrogens (tertiary/aromatic N) is 1. The fourth-order valence-corrected chi connectivity index (χ4v) is 2.01. The predicted molar refractivity (Wildman–Crippen MR) is 59.3 cm³/mol. The highest BCUT2D eigenvalue weighted by Crippen LogP contribution is 2.30. The van der Waals surface area contributed by atoms with Crippen LogP contribution in [-0.4, -0.2) is 30.4 Å². The van der Waals surface area contributed by atoms with Crippen LogP contribution in [0.15, 0.2) is 18.5 Å². The zero-order chi connectivity index (χ0) is 11.4. The number of aliphatic hydroxyl groups is 1. The molecule has 0 aromatic carbocycles. The highest BCUT2D eigenvalue weighted by molar-refractivity contribution is 5.25. The van der Waals surface area contributed by atoms with E-state index in [0.717, 1.165) is 31.6 Å². The van der Waals surface area contributed by atoms with Gasteiger partial charge in [-0.15, -0.1) is 0 Å². The lowest BCUT2D eigenvalue weighted by atomic mass is 9.90. The molecular weight excluding hydrogens is 206 g/mol. The van der Waals surface area contributed by atoms with Crippen LogP contribution >= 0.6 is 0 Å². The van der Waals surface area contributed by atoms with Crippen molar-refractivity contribution in [3.8, 4) is 5.75 Å². The van der Waals surface area contributed by atoms with Gasteiger partial charge in [0.1, 0.15) is 5.75 Å². The Morgan fingerprint density at radius 1 is 1.44 bits per heavy atom. The van der Waals surface area contributed by atoms with Gasteiger partial charge in [0.2, 0.25) is 0 Å². The summed E-state index contributed by atoms with van der Waals surface area (Å²) in [5.74, 6) is 0.950. The van der Waals surface area contributed by atoms with Crippen molar-refractivity contribution in [3.63, 3.8) is 0 Å². The van der Waals surface area contributed by atoms with Crippen LogP contribution in [-0.2, 0) is 4.74 Å². The molecule has 88 valence electrons. The minimum absolute atomic E-state index is 0.266. The first-order chi connectivity index (χ1) is 7.81. The van der Waals surface area contributed by atoms with Crippen LogP contribution in [0.25, 0.3) is 0 Å². The summed E-state index contributed by atoms with van der Waals surface area (Å²) in [6, 6.07) is 1.84. The Labute approximate surface area is 95.2 Å². The van der Waals surface area contributed by atoms with Crippen molar-refractivity contribution >= 4 is 0 Å². The Morgan fingerprint density at radius 3 is 2.88 bits per heavy atom. The maximum atomic E-state index is 10.2. The summed E-state index contributed by atoms with van der Waals surface area (Å²) in [5, 5.41) is 10.2. The Morgan fingerprint density at radius 2 is 2.19 bits per heavy atom. The van der Waals surface area contributed by atoms with Gasteiger partial charge in [0.25, 0.3) is 0 Å². The SMILES string of the molecule is COc1cncc(C(O)C2CCOCC2)c1. The number of aromatic nitrogens is 1. The van der Waals surface area contributed by atoms with Gasteiger partial charge < -0.3 is 14.6 Å².